The Labute approximate surface area is 58.6 Å². The Hall–Kier alpha value is -0.760. The molecule has 0 N–H and O–H groups in total. The molecule has 0 aromatic carbocycles. The van der Waals surface area contributed by atoms with Crippen LogP contribution in [-0.2, 0) is 11.3 Å². The van der Waals surface area contributed by atoms with Gasteiger partial charge in [0.15, 0.2) is 0 Å². The molecule has 0 bridgehead atoms. The molecule has 1 aromatic rings. The summed E-state index contributed by atoms with van der Waals surface area (Å²) < 4.78 is 4.95. The van der Waals surface area contributed by atoms with E-state index in [1.54, 1.807) is 11.3 Å². The van der Waals surface area contributed by atoms with Crippen LogP contribution in [0.5, 0.6) is 0 Å². The fourth-order valence-electron chi connectivity index (χ4n) is 0.530. The second-order valence-electron chi connectivity index (χ2n) is 1.61. The molecule has 1 nitrogen and oxygen atoms in total. The topological polar surface area (TPSA) is 9.23 Å². The molecule has 0 fully saturated rings. The fourth-order valence-corrected chi connectivity index (χ4v) is 1.18. The Morgan fingerprint density at radius 3 is 3.22 bits per heavy atom. The Morgan fingerprint density at radius 1 is 1.78 bits per heavy atom. The van der Waals surface area contributed by atoms with E-state index in [0.29, 0.717) is 6.61 Å². The molecule has 9 heavy (non-hydrogen) atoms. The SMILES string of the molecule is C=COCc1ccsc1. The third-order valence-corrected chi connectivity index (χ3v) is 1.68. The minimum absolute atomic E-state index is 0.646. The molecule has 0 radical (unpaired) electrons. The van der Waals surface area contributed by atoms with Crippen LogP contribution < -0.4 is 0 Å². The van der Waals surface area contributed by atoms with Crippen molar-refractivity contribution in [3.8, 4) is 0 Å². The maximum Gasteiger partial charge on any atom is 0.113 e. The van der Waals surface area contributed by atoms with Gasteiger partial charge in [0.05, 0.1) is 6.26 Å². The van der Waals surface area contributed by atoms with Crippen molar-refractivity contribution in [1.82, 2.24) is 0 Å². The van der Waals surface area contributed by atoms with Gasteiger partial charge in [0.25, 0.3) is 0 Å². The van der Waals surface area contributed by atoms with Gasteiger partial charge in [0, 0.05) is 0 Å². The zero-order chi connectivity index (χ0) is 6.53. The predicted molar refractivity (Wildman–Crippen MR) is 39.3 cm³/mol. The van der Waals surface area contributed by atoms with Gasteiger partial charge in [-0.15, -0.1) is 0 Å². The van der Waals surface area contributed by atoms with Gasteiger partial charge in [-0.1, -0.05) is 6.58 Å². The molecular weight excluding hydrogens is 132 g/mol. The summed E-state index contributed by atoms with van der Waals surface area (Å²) in [6.07, 6.45) is 1.46. The van der Waals surface area contributed by atoms with E-state index in [2.05, 4.69) is 12.0 Å². The summed E-state index contributed by atoms with van der Waals surface area (Å²) in [6.45, 7) is 4.09. The van der Waals surface area contributed by atoms with Crippen molar-refractivity contribution >= 4 is 11.3 Å². The first-order valence-corrected chi connectivity index (χ1v) is 3.61. The van der Waals surface area contributed by atoms with E-state index in [9.17, 15) is 0 Å². The van der Waals surface area contributed by atoms with Gasteiger partial charge in [-0.3, -0.25) is 0 Å². The highest BCUT2D eigenvalue weighted by Gasteiger charge is 1.88. The second-order valence-corrected chi connectivity index (χ2v) is 2.39. The van der Waals surface area contributed by atoms with Gasteiger partial charge in [0.1, 0.15) is 6.61 Å². The summed E-state index contributed by atoms with van der Waals surface area (Å²) in [5.74, 6) is 0. The first kappa shape index (κ1) is 6.36. The van der Waals surface area contributed by atoms with Gasteiger partial charge >= 0.3 is 0 Å². The lowest BCUT2D eigenvalue weighted by Crippen LogP contribution is -1.79. The molecule has 0 amide bonds. The maximum atomic E-state index is 4.95. The number of ether oxygens (including phenoxy) is 1. The monoisotopic (exact) mass is 140 g/mol. The first-order valence-electron chi connectivity index (χ1n) is 2.67. The maximum absolute atomic E-state index is 4.95. The smallest absolute Gasteiger partial charge is 0.113 e. The number of thiophene rings is 1. The van der Waals surface area contributed by atoms with Crippen LogP contribution in [0.3, 0.4) is 0 Å². The van der Waals surface area contributed by atoms with Gasteiger partial charge in [-0.25, -0.2) is 0 Å². The molecule has 1 aromatic heterocycles. The van der Waals surface area contributed by atoms with Crippen molar-refractivity contribution in [2.45, 2.75) is 6.61 Å². The summed E-state index contributed by atoms with van der Waals surface area (Å²) in [7, 11) is 0. The Morgan fingerprint density at radius 2 is 2.67 bits per heavy atom. The number of rotatable bonds is 3. The lowest BCUT2D eigenvalue weighted by atomic mass is 10.4. The molecule has 0 spiro atoms. The molecule has 0 saturated heterocycles. The van der Waals surface area contributed by atoms with E-state index in [-0.39, 0.29) is 0 Å². The quantitative estimate of drug-likeness (QED) is 0.586. The zero-order valence-electron chi connectivity index (χ0n) is 5.04. The van der Waals surface area contributed by atoms with Crippen molar-refractivity contribution in [3.63, 3.8) is 0 Å². The molecular formula is C7H8OS. The molecule has 0 aliphatic carbocycles. The first-order chi connectivity index (χ1) is 4.43. The van der Waals surface area contributed by atoms with Crippen LogP contribution in [0.15, 0.2) is 29.7 Å². The molecule has 1 rings (SSSR count). The van der Waals surface area contributed by atoms with E-state index < -0.39 is 0 Å². The molecule has 0 saturated carbocycles. The molecule has 0 atom stereocenters. The van der Waals surface area contributed by atoms with E-state index in [1.807, 2.05) is 11.4 Å². The van der Waals surface area contributed by atoms with Crippen LogP contribution in [0.25, 0.3) is 0 Å². The van der Waals surface area contributed by atoms with Crippen LogP contribution in [0, 0.1) is 0 Å². The lowest BCUT2D eigenvalue weighted by Gasteiger charge is -1.93. The third kappa shape index (κ3) is 1.90. The third-order valence-electron chi connectivity index (χ3n) is 0.948. The standard InChI is InChI=1S/C7H8OS/c1-2-8-5-7-3-4-9-6-7/h2-4,6H,1,5H2. The fraction of sp³-hybridized carbons (Fsp3) is 0.143. The zero-order valence-corrected chi connectivity index (χ0v) is 5.86. The largest absolute Gasteiger partial charge is 0.497 e. The highest BCUT2D eigenvalue weighted by atomic mass is 32.1. The summed E-state index contributed by atoms with van der Waals surface area (Å²) in [6, 6.07) is 2.04. The molecule has 0 aliphatic rings. The van der Waals surface area contributed by atoms with Crippen LogP contribution in [0.1, 0.15) is 5.56 Å². The summed E-state index contributed by atoms with van der Waals surface area (Å²) in [5.41, 5.74) is 1.21. The summed E-state index contributed by atoms with van der Waals surface area (Å²) >= 11 is 1.68. The van der Waals surface area contributed by atoms with Gasteiger partial charge in [-0.05, 0) is 22.4 Å². The van der Waals surface area contributed by atoms with Crippen LogP contribution in [0.2, 0.25) is 0 Å². The minimum atomic E-state index is 0.646. The summed E-state index contributed by atoms with van der Waals surface area (Å²) in [5, 5.41) is 4.09. The highest BCUT2D eigenvalue weighted by Crippen LogP contribution is 2.06. The Balaban J connectivity index is 2.38. The van der Waals surface area contributed by atoms with Crippen molar-refractivity contribution in [2.24, 2.45) is 0 Å². The van der Waals surface area contributed by atoms with Crippen molar-refractivity contribution in [2.75, 3.05) is 0 Å². The summed E-state index contributed by atoms with van der Waals surface area (Å²) in [4.78, 5) is 0. The highest BCUT2D eigenvalue weighted by molar-refractivity contribution is 7.07. The predicted octanol–water partition coefficient (Wildman–Crippen LogP) is 2.41. The number of hydrogen-bond donors (Lipinski definition) is 0. The number of hydrogen-bond acceptors (Lipinski definition) is 2. The molecule has 48 valence electrons. The molecule has 2 heteroatoms. The van der Waals surface area contributed by atoms with Gasteiger partial charge < -0.3 is 4.74 Å². The Bertz CT molecular complexity index is 167. The van der Waals surface area contributed by atoms with E-state index >= 15 is 0 Å². The molecule has 0 aliphatic heterocycles. The second kappa shape index (κ2) is 3.30. The normalized spacial score (nSPS) is 8.89. The van der Waals surface area contributed by atoms with Crippen LogP contribution in [0.4, 0.5) is 0 Å². The van der Waals surface area contributed by atoms with Crippen molar-refractivity contribution in [3.05, 3.63) is 35.2 Å². The van der Waals surface area contributed by atoms with E-state index in [1.165, 1.54) is 11.8 Å². The van der Waals surface area contributed by atoms with Crippen LogP contribution >= 0.6 is 11.3 Å². The van der Waals surface area contributed by atoms with E-state index in [0.717, 1.165) is 0 Å². The van der Waals surface area contributed by atoms with E-state index in [4.69, 9.17) is 4.74 Å². The average Bonchev–Trinajstić information content (AvgIpc) is 2.34. The van der Waals surface area contributed by atoms with Crippen molar-refractivity contribution in [1.29, 1.82) is 0 Å². The van der Waals surface area contributed by atoms with Gasteiger partial charge in [0.2, 0.25) is 0 Å². The molecule has 1 heterocycles. The average molecular weight is 140 g/mol. The van der Waals surface area contributed by atoms with Crippen LogP contribution in [-0.4, -0.2) is 0 Å². The molecule has 0 unspecified atom stereocenters. The lowest BCUT2D eigenvalue weighted by molar-refractivity contribution is 0.238. The minimum Gasteiger partial charge on any atom is -0.497 e. The Kier molecular flexibility index (Phi) is 2.33. The van der Waals surface area contributed by atoms with Crippen molar-refractivity contribution < 1.29 is 4.74 Å². The van der Waals surface area contributed by atoms with Gasteiger partial charge in [-0.2, -0.15) is 11.3 Å².